The average Bonchev–Trinajstić information content (AvgIpc) is 3.03. The first-order valence-corrected chi connectivity index (χ1v) is 6.81. The number of amides is 2. The number of nitrogens with zero attached hydrogens (tertiary/aromatic N) is 5. The van der Waals surface area contributed by atoms with Crippen LogP contribution >= 0.6 is 0 Å². The van der Waals surface area contributed by atoms with Crippen LogP contribution in [0.2, 0.25) is 0 Å². The van der Waals surface area contributed by atoms with Crippen LogP contribution in [0.4, 0.5) is 0 Å². The van der Waals surface area contributed by atoms with Crippen molar-refractivity contribution in [3.05, 3.63) is 41.2 Å². The maximum Gasteiger partial charge on any atom is 0.261 e. The van der Waals surface area contributed by atoms with Crippen molar-refractivity contribution in [2.75, 3.05) is 6.54 Å². The number of benzene rings is 1. The van der Waals surface area contributed by atoms with Crippen LogP contribution in [0.1, 0.15) is 46.4 Å². The van der Waals surface area contributed by atoms with E-state index in [1.54, 1.807) is 28.9 Å². The van der Waals surface area contributed by atoms with Crippen molar-refractivity contribution < 1.29 is 9.59 Å². The number of rotatable bonds is 4. The fourth-order valence-electron chi connectivity index (χ4n) is 2.43. The lowest BCUT2D eigenvalue weighted by atomic mass is 10.1. The topological polar surface area (TPSA) is 81.0 Å². The van der Waals surface area contributed by atoms with Crippen molar-refractivity contribution in [2.24, 2.45) is 0 Å². The molecule has 0 N–H and O–H groups in total. The summed E-state index contributed by atoms with van der Waals surface area (Å²) in [5, 5.41) is 11.5. The molecule has 1 aromatic heterocycles. The number of carbonyl (C=O) groups excluding carboxylic acids is 2. The second-order valence-electron chi connectivity index (χ2n) is 5.19. The second kappa shape index (κ2) is 5.08. The molecule has 1 aliphatic heterocycles. The summed E-state index contributed by atoms with van der Waals surface area (Å²) in [6.07, 6.45) is 0.441. The lowest BCUT2D eigenvalue weighted by Gasteiger charge is -2.14. The highest BCUT2D eigenvalue weighted by atomic mass is 16.2. The highest BCUT2D eigenvalue weighted by Gasteiger charge is 2.34. The summed E-state index contributed by atoms with van der Waals surface area (Å²) in [6.45, 7) is 4.23. The molecule has 0 atom stereocenters. The van der Waals surface area contributed by atoms with Crippen LogP contribution in [-0.2, 0) is 6.42 Å². The van der Waals surface area contributed by atoms with Crippen molar-refractivity contribution in [3.63, 3.8) is 0 Å². The van der Waals surface area contributed by atoms with Crippen molar-refractivity contribution in [1.29, 1.82) is 0 Å². The lowest BCUT2D eigenvalue weighted by molar-refractivity contribution is 0.0655. The first-order valence-electron chi connectivity index (χ1n) is 6.81. The number of carbonyl (C=O) groups is 2. The van der Waals surface area contributed by atoms with E-state index >= 15 is 0 Å². The minimum Gasteiger partial charge on any atom is -0.274 e. The van der Waals surface area contributed by atoms with Gasteiger partial charge in [-0.3, -0.25) is 14.5 Å². The molecule has 0 unspecified atom stereocenters. The molecule has 2 heterocycles. The maximum absolute atomic E-state index is 12.2. The van der Waals surface area contributed by atoms with E-state index < -0.39 is 0 Å². The Morgan fingerprint density at radius 1 is 1.10 bits per heavy atom. The van der Waals surface area contributed by atoms with Gasteiger partial charge >= 0.3 is 0 Å². The van der Waals surface area contributed by atoms with Crippen molar-refractivity contribution >= 4 is 11.8 Å². The van der Waals surface area contributed by atoms with E-state index in [2.05, 4.69) is 15.5 Å². The van der Waals surface area contributed by atoms with Gasteiger partial charge in [0, 0.05) is 13.0 Å². The van der Waals surface area contributed by atoms with Crippen LogP contribution in [0, 0.1) is 0 Å². The van der Waals surface area contributed by atoms with Gasteiger partial charge in [-0.2, -0.15) is 0 Å². The molecule has 0 saturated carbocycles. The molecule has 7 nitrogen and oxygen atoms in total. The fraction of sp³-hybridized carbons (Fsp3) is 0.357. The van der Waals surface area contributed by atoms with Crippen LogP contribution in [-0.4, -0.2) is 43.5 Å². The predicted molar refractivity (Wildman–Crippen MR) is 73.7 cm³/mol. The Labute approximate surface area is 121 Å². The zero-order chi connectivity index (χ0) is 15.0. The number of fused-ring (bicyclic) bond motifs is 1. The third kappa shape index (κ3) is 2.20. The number of hydrogen-bond donors (Lipinski definition) is 0. The average molecular weight is 285 g/mol. The predicted octanol–water partition coefficient (Wildman–Crippen LogP) is 1.09. The van der Waals surface area contributed by atoms with Crippen molar-refractivity contribution in [3.8, 4) is 0 Å². The van der Waals surface area contributed by atoms with Gasteiger partial charge in [0.15, 0.2) is 5.82 Å². The molecule has 1 aliphatic rings. The Kier molecular flexibility index (Phi) is 3.25. The quantitative estimate of drug-likeness (QED) is 0.785. The number of tetrazole rings is 1. The lowest BCUT2D eigenvalue weighted by Crippen LogP contribution is -2.32. The van der Waals surface area contributed by atoms with E-state index in [0.717, 1.165) is 0 Å². The molecule has 108 valence electrons. The molecule has 0 radical (unpaired) electrons. The van der Waals surface area contributed by atoms with Crippen molar-refractivity contribution in [1.82, 2.24) is 25.1 Å². The highest BCUT2D eigenvalue weighted by molar-refractivity contribution is 6.21. The largest absolute Gasteiger partial charge is 0.274 e. The Hall–Kier alpha value is -2.57. The molecule has 2 aromatic rings. The van der Waals surface area contributed by atoms with Crippen LogP contribution in [0.15, 0.2) is 24.3 Å². The van der Waals surface area contributed by atoms with Gasteiger partial charge in [-0.1, -0.05) is 12.1 Å². The van der Waals surface area contributed by atoms with Crippen LogP contribution < -0.4 is 0 Å². The molecule has 3 rings (SSSR count). The first-order chi connectivity index (χ1) is 10.1. The molecular weight excluding hydrogens is 270 g/mol. The summed E-state index contributed by atoms with van der Waals surface area (Å²) in [5.74, 6) is 0.167. The Bertz CT molecular complexity index is 672. The third-order valence-electron chi connectivity index (χ3n) is 3.49. The molecule has 0 saturated heterocycles. The minimum absolute atomic E-state index is 0.136. The van der Waals surface area contributed by atoms with Gasteiger partial charge in [-0.05, 0) is 36.4 Å². The van der Waals surface area contributed by atoms with Crippen LogP contribution in [0.5, 0.6) is 0 Å². The van der Waals surface area contributed by atoms with Crippen LogP contribution in [0.3, 0.4) is 0 Å². The molecule has 1 aromatic carbocycles. The zero-order valence-corrected chi connectivity index (χ0v) is 11.9. The van der Waals surface area contributed by atoms with E-state index in [0.29, 0.717) is 23.4 Å². The van der Waals surface area contributed by atoms with Gasteiger partial charge < -0.3 is 0 Å². The fourth-order valence-corrected chi connectivity index (χ4v) is 2.43. The summed E-state index contributed by atoms with van der Waals surface area (Å²) in [5.41, 5.74) is 0.928. The molecule has 0 fully saturated rings. The Morgan fingerprint density at radius 2 is 1.71 bits per heavy atom. The van der Waals surface area contributed by atoms with Gasteiger partial charge in [-0.15, -0.1) is 5.10 Å². The third-order valence-corrected chi connectivity index (χ3v) is 3.49. The number of imide groups is 1. The van der Waals surface area contributed by atoms with Gasteiger partial charge in [0.1, 0.15) is 0 Å². The van der Waals surface area contributed by atoms with E-state index in [9.17, 15) is 9.59 Å². The standard InChI is InChI=1S/C14H15N5O2/c1-9(2)19-12(15-16-17-19)7-8-18-13(20)10-5-3-4-6-11(10)14(18)21/h3-6,9H,7-8H2,1-2H3. The Morgan fingerprint density at radius 3 is 2.29 bits per heavy atom. The molecule has 2 amide bonds. The van der Waals surface area contributed by atoms with E-state index in [4.69, 9.17) is 0 Å². The SMILES string of the molecule is CC(C)n1nnnc1CCN1C(=O)c2ccccc2C1=O. The molecule has 7 heteroatoms. The normalized spacial score (nSPS) is 14.1. The van der Waals surface area contributed by atoms with E-state index in [-0.39, 0.29) is 24.4 Å². The monoisotopic (exact) mass is 285 g/mol. The summed E-state index contributed by atoms with van der Waals surface area (Å²) in [7, 11) is 0. The minimum atomic E-state index is -0.251. The molecule has 0 aliphatic carbocycles. The van der Waals surface area contributed by atoms with Gasteiger partial charge in [0.25, 0.3) is 11.8 Å². The maximum atomic E-state index is 12.2. The summed E-state index contributed by atoms with van der Waals surface area (Å²) >= 11 is 0. The highest BCUT2D eigenvalue weighted by Crippen LogP contribution is 2.22. The van der Waals surface area contributed by atoms with Crippen LogP contribution in [0.25, 0.3) is 0 Å². The smallest absolute Gasteiger partial charge is 0.261 e. The summed E-state index contributed by atoms with van der Waals surface area (Å²) < 4.78 is 1.69. The summed E-state index contributed by atoms with van der Waals surface area (Å²) in [4.78, 5) is 25.7. The Balaban J connectivity index is 1.77. The van der Waals surface area contributed by atoms with E-state index in [1.165, 1.54) is 4.90 Å². The first kappa shape index (κ1) is 13.4. The zero-order valence-electron chi connectivity index (χ0n) is 11.9. The van der Waals surface area contributed by atoms with Crippen molar-refractivity contribution in [2.45, 2.75) is 26.3 Å². The molecular formula is C14H15N5O2. The number of aromatic nitrogens is 4. The molecule has 21 heavy (non-hydrogen) atoms. The number of hydrogen-bond acceptors (Lipinski definition) is 5. The second-order valence-corrected chi connectivity index (χ2v) is 5.19. The molecule has 0 spiro atoms. The van der Waals surface area contributed by atoms with Gasteiger partial charge in [0.2, 0.25) is 0 Å². The van der Waals surface area contributed by atoms with Gasteiger partial charge in [0.05, 0.1) is 17.2 Å². The summed E-state index contributed by atoms with van der Waals surface area (Å²) in [6, 6.07) is 7.00. The van der Waals surface area contributed by atoms with Gasteiger partial charge in [-0.25, -0.2) is 4.68 Å². The van der Waals surface area contributed by atoms with E-state index in [1.807, 2.05) is 13.8 Å². The molecule has 0 bridgehead atoms.